The van der Waals surface area contributed by atoms with E-state index >= 15 is 0 Å². The first-order valence-electron chi connectivity index (χ1n) is 4.53. The van der Waals surface area contributed by atoms with Gasteiger partial charge in [0.15, 0.2) is 0 Å². The van der Waals surface area contributed by atoms with Crippen LogP contribution in [0.25, 0.3) is 0 Å². The van der Waals surface area contributed by atoms with Crippen LogP contribution in [0.5, 0.6) is 0 Å². The summed E-state index contributed by atoms with van der Waals surface area (Å²) in [4.78, 5) is 31.4. The van der Waals surface area contributed by atoms with Crippen LogP contribution < -0.4 is 11.1 Å². The molecule has 0 aromatic heterocycles. The van der Waals surface area contributed by atoms with E-state index < -0.39 is 24.4 Å². The van der Waals surface area contributed by atoms with Gasteiger partial charge in [0.05, 0.1) is 13.0 Å². The number of hydrogen-bond donors (Lipinski definition) is 3. The minimum absolute atomic E-state index is 0.0709. The van der Waals surface area contributed by atoms with E-state index in [0.29, 0.717) is 0 Å². The summed E-state index contributed by atoms with van der Waals surface area (Å²) in [6.45, 7) is 9.23. The number of hydrogen-bond acceptors (Lipinski definition) is 4. The molecule has 0 atom stereocenters. The van der Waals surface area contributed by atoms with Gasteiger partial charge in [0.1, 0.15) is 6.61 Å². The van der Waals surface area contributed by atoms with Crippen LogP contribution in [0.15, 0.2) is 25.3 Å². The molecule has 0 saturated carbocycles. The predicted molar refractivity (Wildman–Crippen MR) is 61.2 cm³/mol. The Bertz CT molecular complexity index is 301. The van der Waals surface area contributed by atoms with Crippen molar-refractivity contribution >= 4 is 18.0 Å². The van der Waals surface area contributed by atoms with Crippen LogP contribution in [0.1, 0.15) is 6.42 Å². The minimum atomic E-state index is -1.16. The lowest BCUT2D eigenvalue weighted by Gasteiger charge is -2.05. The number of rotatable bonds is 6. The van der Waals surface area contributed by atoms with Crippen LogP contribution in [0.3, 0.4) is 0 Å². The number of carbonyl (C=O) groups is 3. The van der Waals surface area contributed by atoms with Crippen molar-refractivity contribution < 1.29 is 24.2 Å². The second kappa shape index (κ2) is 10.2. The first kappa shape index (κ1) is 17.1. The van der Waals surface area contributed by atoms with E-state index in [2.05, 4.69) is 29.8 Å². The van der Waals surface area contributed by atoms with Crippen LogP contribution in [-0.2, 0) is 14.3 Å². The smallest absolute Gasteiger partial charge is 0.334 e. The summed E-state index contributed by atoms with van der Waals surface area (Å²) in [6, 6.07) is -0.726. The molecule has 0 spiro atoms. The van der Waals surface area contributed by atoms with Gasteiger partial charge in [-0.25, -0.2) is 9.59 Å². The lowest BCUT2D eigenvalue weighted by molar-refractivity contribution is -0.142. The summed E-state index contributed by atoms with van der Waals surface area (Å²) in [5, 5.41) is 10.5. The van der Waals surface area contributed by atoms with E-state index in [1.165, 1.54) is 0 Å². The topological polar surface area (TPSA) is 119 Å². The van der Waals surface area contributed by atoms with Gasteiger partial charge in [-0.05, 0) is 0 Å². The van der Waals surface area contributed by atoms with Gasteiger partial charge >= 0.3 is 18.0 Å². The van der Waals surface area contributed by atoms with Gasteiger partial charge in [0, 0.05) is 5.57 Å². The molecule has 0 aromatic carbocycles. The van der Waals surface area contributed by atoms with Gasteiger partial charge in [-0.1, -0.05) is 6.58 Å². The highest BCUT2D eigenvalue weighted by molar-refractivity contribution is 5.92. The zero-order chi connectivity index (χ0) is 13.8. The second-order valence-corrected chi connectivity index (χ2v) is 2.60. The summed E-state index contributed by atoms with van der Waals surface area (Å²) < 4.78 is 4.58. The molecule has 2 amide bonds. The molecule has 4 N–H and O–H groups in total. The molecular weight excluding hydrogens is 228 g/mol. The van der Waals surface area contributed by atoms with Crippen molar-refractivity contribution in [3.63, 3.8) is 0 Å². The maximum atomic E-state index is 11.0. The summed E-state index contributed by atoms with van der Waals surface area (Å²) in [5.74, 6) is -1.96. The van der Waals surface area contributed by atoms with Gasteiger partial charge in [-0.3, -0.25) is 4.79 Å². The third-order valence-electron chi connectivity index (χ3n) is 1.29. The average molecular weight is 244 g/mol. The molecular formula is C10H16N2O5. The fraction of sp³-hybridized carbons (Fsp3) is 0.300. The molecule has 0 aliphatic carbocycles. The highest BCUT2D eigenvalue weighted by Crippen LogP contribution is 2.00. The first-order chi connectivity index (χ1) is 7.93. The van der Waals surface area contributed by atoms with Crippen LogP contribution in [0.4, 0.5) is 4.79 Å². The van der Waals surface area contributed by atoms with Crippen molar-refractivity contribution in [1.82, 2.24) is 5.32 Å². The van der Waals surface area contributed by atoms with Crippen LogP contribution >= 0.6 is 0 Å². The number of carboxylic acids is 1. The third kappa shape index (κ3) is 11.6. The summed E-state index contributed by atoms with van der Waals surface area (Å²) >= 11 is 0. The van der Waals surface area contributed by atoms with Crippen LogP contribution in [-0.4, -0.2) is 36.2 Å². The predicted octanol–water partition coefficient (Wildman–Crippen LogP) is 0.0310. The minimum Gasteiger partial charge on any atom is -0.481 e. The summed E-state index contributed by atoms with van der Waals surface area (Å²) in [7, 11) is 0. The Labute approximate surface area is 98.9 Å². The van der Waals surface area contributed by atoms with Gasteiger partial charge in [0.2, 0.25) is 0 Å². The number of amides is 2. The number of nitrogens with one attached hydrogen (secondary N) is 1. The van der Waals surface area contributed by atoms with Crippen molar-refractivity contribution in [2.45, 2.75) is 6.42 Å². The van der Waals surface area contributed by atoms with Crippen molar-refractivity contribution in [3.05, 3.63) is 25.3 Å². The van der Waals surface area contributed by atoms with Gasteiger partial charge in [0.25, 0.3) is 0 Å². The van der Waals surface area contributed by atoms with Gasteiger partial charge in [-0.15, -0.1) is 13.2 Å². The van der Waals surface area contributed by atoms with E-state index in [9.17, 15) is 14.4 Å². The number of carbonyl (C=O) groups excluding carboxylic acids is 2. The lowest BCUT2D eigenvalue weighted by Crippen LogP contribution is -2.32. The molecule has 96 valence electrons. The van der Waals surface area contributed by atoms with E-state index in [1.807, 2.05) is 0 Å². The summed E-state index contributed by atoms with van der Waals surface area (Å²) in [5.41, 5.74) is 4.60. The Balaban J connectivity index is 0. The zero-order valence-electron chi connectivity index (χ0n) is 9.40. The molecule has 0 saturated heterocycles. The fourth-order valence-corrected chi connectivity index (χ4v) is 0.675. The van der Waals surface area contributed by atoms with Crippen molar-refractivity contribution in [2.75, 3.05) is 13.2 Å². The number of esters is 1. The number of urea groups is 1. The first-order valence-corrected chi connectivity index (χ1v) is 4.53. The highest BCUT2D eigenvalue weighted by atomic mass is 16.5. The molecule has 0 unspecified atom stereocenters. The Kier molecular flexibility index (Phi) is 10.3. The molecule has 7 nitrogen and oxygen atoms in total. The number of carboxylic acid groups (broad SMARTS) is 1. The van der Waals surface area contributed by atoms with E-state index in [4.69, 9.17) is 10.8 Å². The second-order valence-electron chi connectivity index (χ2n) is 2.60. The normalized spacial score (nSPS) is 8.24. The molecule has 0 bridgehead atoms. The van der Waals surface area contributed by atoms with Crippen molar-refractivity contribution in [2.24, 2.45) is 5.73 Å². The van der Waals surface area contributed by atoms with Crippen LogP contribution in [0, 0.1) is 0 Å². The lowest BCUT2D eigenvalue weighted by atomic mass is 10.2. The maximum absolute atomic E-state index is 11.0. The monoisotopic (exact) mass is 244 g/mol. The molecule has 0 fully saturated rings. The van der Waals surface area contributed by atoms with Crippen molar-refractivity contribution in [1.29, 1.82) is 0 Å². The molecule has 0 aromatic rings. The Morgan fingerprint density at radius 2 is 1.82 bits per heavy atom. The Morgan fingerprint density at radius 3 is 2.24 bits per heavy atom. The SMILES string of the molecule is C=C.C=C(CC(=O)O)C(=O)OCCNC(N)=O. The Morgan fingerprint density at radius 1 is 1.29 bits per heavy atom. The number of aliphatic carboxylic acids is 1. The Hall–Kier alpha value is -2.31. The molecule has 0 aliphatic heterocycles. The molecule has 7 heteroatoms. The molecule has 0 radical (unpaired) electrons. The molecule has 0 heterocycles. The number of primary amides is 1. The summed E-state index contributed by atoms with van der Waals surface area (Å²) in [6.07, 6.45) is -0.470. The molecule has 17 heavy (non-hydrogen) atoms. The van der Waals surface area contributed by atoms with Crippen LogP contribution in [0.2, 0.25) is 0 Å². The third-order valence-corrected chi connectivity index (χ3v) is 1.29. The largest absolute Gasteiger partial charge is 0.481 e. The molecule has 0 rings (SSSR count). The quantitative estimate of drug-likeness (QED) is 0.263. The van der Waals surface area contributed by atoms with Gasteiger partial charge in [-0.2, -0.15) is 0 Å². The molecule has 0 aliphatic rings. The maximum Gasteiger partial charge on any atom is 0.334 e. The van der Waals surface area contributed by atoms with E-state index in [0.717, 1.165) is 0 Å². The van der Waals surface area contributed by atoms with E-state index in [-0.39, 0.29) is 18.7 Å². The number of ether oxygens (including phenoxy) is 1. The van der Waals surface area contributed by atoms with Gasteiger partial charge < -0.3 is 20.9 Å². The average Bonchev–Trinajstić information content (AvgIpc) is 2.25. The van der Waals surface area contributed by atoms with Crippen molar-refractivity contribution in [3.8, 4) is 0 Å². The van der Waals surface area contributed by atoms with E-state index in [1.54, 1.807) is 0 Å². The number of nitrogens with two attached hydrogens (primary N) is 1. The standard InChI is InChI=1S/C8H12N2O5.C2H4/c1-5(4-6(11)12)7(13)15-3-2-10-8(9)14;1-2/h1-4H2,(H,11,12)(H3,9,10,14);1-2H2. The zero-order valence-corrected chi connectivity index (χ0v) is 9.40. The highest BCUT2D eigenvalue weighted by Gasteiger charge is 2.11. The fourth-order valence-electron chi connectivity index (χ4n) is 0.675.